The standard InChI is InChI=1S/C35H49O3P/c1-24-21-26(33(5,6)7)23-29(35(11,12)13)31(24)38-39(36-27-17-15-14-16-18-27)37-30-20-19-25(32(2,3)4)22-28(30)34(8,9)10/h14-23H,1-13H3. The van der Waals surface area contributed by atoms with E-state index in [0.29, 0.717) is 5.75 Å². The Morgan fingerprint density at radius 2 is 1.05 bits per heavy atom. The van der Waals surface area contributed by atoms with Gasteiger partial charge in [0, 0.05) is 11.1 Å². The second-order valence-electron chi connectivity index (χ2n) is 14.7. The highest BCUT2D eigenvalue weighted by Crippen LogP contribution is 2.49. The Bertz CT molecular complexity index is 1270. The van der Waals surface area contributed by atoms with Gasteiger partial charge in [0.1, 0.15) is 17.2 Å². The Morgan fingerprint density at radius 1 is 0.513 bits per heavy atom. The third kappa shape index (κ3) is 8.01. The van der Waals surface area contributed by atoms with Crippen molar-refractivity contribution in [1.29, 1.82) is 0 Å². The zero-order valence-electron chi connectivity index (χ0n) is 26.4. The van der Waals surface area contributed by atoms with E-state index in [1.807, 2.05) is 30.3 Å². The minimum absolute atomic E-state index is 0.0292. The van der Waals surface area contributed by atoms with Gasteiger partial charge in [-0.05, 0) is 63.5 Å². The molecule has 0 heterocycles. The molecule has 0 aliphatic heterocycles. The van der Waals surface area contributed by atoms with Crippen LogP contribution in [0.4, 0.5) is 0 Å². The maximum absolute atomic E-state index is 6.76. The average Bonchev–Trinajstić information content (AvgIpc) is 2.78. The molecule has 3 aromatic carbocycles. The van der Waals surface area contributed by atoms with Gasteiger partial charge in [-0.3, -0.25) is 0 Å². The van der Waals surface area contributed by atoms with E-state index < -0.39 is 8.60 Å². The van der Waals surface area contributed by atoms with Crippen molar-refractivity contribution in [3.8, 4) is 17.2 Å². The molecule has 0 aliphatic carbocycles. The summed E-state index contributed by atoms with van der Waals surface area (Å²) in [5, 5.41) is 0. The third-order valence-electron chi connectivity index (χ3n) is 6.86. The minimum atomic E-state index is -1.81. The van der Waals surface area contributed by atoms with Gasteiger partial charge in [-0.2, -0.15) is 0 Å². The fraction of sp³-hybridized carbons (Fsp3) is 0.486. The Hall–Kier alpha value is -2.51. The summed E-state index contributed by atoms with van der Waals surface area (Å²) >= 11 is 0. The van der Waals surface area contributed by atoms with E-state index in [0.717, 1.165) is 28.2 Å². The van der Waals surface area contributed by atoms with Crippen LogP contribution < -0.4 is 13.6 Å². The van der Waals surface area contributed by atoms with E-state index in [1.54, 1.807) is 0 Å². The molecule has 0 saturated carbocycles. The second-order valence-corrected chi connectivity index (χ2v) is 15.7. The van der Waals surface area contributed by atoms with Crippen LogP contribution in [0, 0.1) is 6.92 Å². The molecule has 0 bridgehead atoms. The topological polar surface area (TPSA) is 27.7 Å². The van der Waals surface area contributed by atoms with Crippen LogP contribution >= 0.6 is 8.60 Å². The first-order chi connectivity index (χ1) is 17.8. The van der Waals surface area contributed by atoms with Crippen molar-refractivity contribution < 1.29 is 13.6 Å². The molecule has 0 N–H and O–H groups in total. The maximum atomic E-state index is 6.76. The molecular formula is C35H49O3P. The van der Waals surface area contributed by atoms with Gasteiger partial charge in [-0.15, -0.1) is 0 Å². The normalized spacial score (nSPS) is 13.7. The SMILES string of the molecule is Cc1cc(C(C)(C)C)cc(C(C)(C)C)c1OP(Oc1ccccc1)Oc1ccc(C(C)(C)C)cc1C(C)(C)C. The van der Waals surface area contributed by atoms with Gasteiger partial charge in [0.15, 0.2) is 0 Å². The molecule has 0 spiro atoms. The highest BCUT2D eigenvalue weighted by atomic mass is 31.2. The summed E-state index contributed by atoms with van der Waals surface area (Å²) < 4.78 is 19.9. The Kier molecular flexibility index (Phi) is 8.88. The van der Waals surface area contributed by atoms with Gasteiger partial charge in [-0.25, -0.2) is 0 Å². The van der Waals surface area contributed by atoms with Crippen LogP contribution in [0.3, 0.4) is 0 Å². The van der Waals surface area contributed by atoms with Crippen molar-refractivity contribution in [3.05, 3.63) is 88.5 Å². The third-order valence-corrected chi connectivity index (χ3v) is 7.90. The van der Waals surface area contributed by atoms with Gasteiger partial charge < -0.3 is 13.6 Å². The summed E-state index contributed by atoms with van der Waals surface area (Å²) in [5.41, 5.74) is 5.76. The van der Waals surface area contributed by atoms with Gasteiger partial charge in [-0.1, -0.05) is 126 Å². The number of para-hydroxylation sites is 1. The summed E-state index contributed by atoms with van der Waals surface area (Å²) in [6, 6.07) is 20.8. The number of benzene rings is 3. The molecule has 0 radical (unpaired) electrons. The van der Waals surface area contributed by atoms with Crippen LogP contribution in [0.1, 0.15) is 111 Å². The summed E-state index contributed by atoms with van der Waals surface area (Å²) in [6.45, 7) is 28.9. The minimum Gasteiger partial charge on any atom is -0.409 e. The Labute approximate surface area is 239 Å². The molecule has 3 rings (SSSR count). The predicted molar refractivity (Wildman–Crippen MR) is 168 cm³/mol. The molecule has 3 aromatic rings. The molecule has 1 atom stereocenters. The van der Waals surface area contributed by atoms with Crippen molar-refractivity contribution in [1.82, 2.24) is 0 Å². The lowest BCUT2D eigenvalue weighted by Crippen LogP contribution is -2.19. The first-order valence-electron chi connectivity index (χ1n) is 14.0. The zero-order chi connectivity index (χ0) is 29.4. The average molecular weight is 549 g/mol. The zero-order valence-corrected chi connectivity index (χ0v) is 27.3. The summed E-state index contributed by atoms with van der Waals surface area (Å²) in [6.07, 6.45) is 0. The molecule has 0 aromatic heterocycles. The molecule has 0 aliphatic rings. The molecule has 4 heteroatoms. The monoisotopic (exact) mass is 548 g/mol. The van der Waals surface area contributed by atoms with Crippen molar-refractivity contribution in [2.24, 2.45) is 0 Å². The predicted octanol–water partition coefficient (Wildman–Crippen LogP) is 10.9. The van der Waals surface area contributed by atoms with E-state index in [4.69, 9.17) is 13.6 Å². The van der Waals surface area contributed by atoms with E-state index in [1.165, 1.54) is 11.1 Å². The fourth-order valence-corrected chi connectivity index (χ4v) is 5.44. The van der Waals surface area contributed by atoms with Crippen LogP contribution in [-0.2, 0) is 21.7 Å². The van der Waals surface area contributed by atoms with Crippen LogP contribution in [0.15, 0.2) is 60.7 Å². The van der Waals surface area contributed by atoms with Gasteiger partial charge in [0.05, 0.1) is 0 Å². The molecule has 0 fully saturated rings. The smallest absolute Gasteiger partial charge is 0.409 e. The maximum Gasteiger partial charge on any atom is 0.530 e. The lowest BCUT2D eigenvalue weighted by Gasteiger charge is -2.30. The van der Waals surface area contributed by atoms with E-state index in [2.05, 4.69) is 120 Å². The summed E-state index contributed by atoms with van der Waals surface area (Å²) in [7, 11) is -1.81. The fourth-order valence-electron chi connectivity index (χ4n) is 4.33. The molecular weight excluding hydrogens is 499 g/mol. The number of hydrogen-bond donors (Lipinski definition) is 0. The molecule has 3 nitrogen and oxygen atoms in total. The Morgan fingerprint density at radius 3 is 1.56 bits per heavy atom. The quantitative estimate of drug-likeness (QED) is 0.287. The molecule has 39 heavy (non-hydrogen) atoms. The summed E-state index contributed by atoms with van der Waals surface area (Å²) in [4.78, 5) is 0. The van der Waals surface area contributed by atoms with Crippen LogP contribution in [0.5, 0.6) is 17.2 Å². The van der Waals surface area contributed by atoms with Gasteiger partial charge in [0.2, 0.25) is 0 Å². The second kappa shape index (κ2) is 11.2. The number of hydrogen-bond acceptors (Lipinski definition) is 3. The van der Waals surface area contributed by atoms with Crippen molar-refractivity contribution in [2.75, 3.05) is 0 Å². The lowest BCUT2D eigenvalue weighted by atomic mass is 9.79. The first-order valence-corrected chi connectivity index (χ1v) is 15.1. The van der Waals surface area contributed by atoms with E-state index in [9.17, 15) is 0 Å². The van der Waals surface area contributed by atoms with Crippen molar-refractivity contribution in [2.45, 2.75) is 112 Å². The molecule has 0 amide bonds. The largest absolute Gasteiger partial charge is 0.530 e. The van der Waals surface area contributed by atoms with Crippen LogP contribution in [0.25, 0.3) is 0 Å². The molecule has 212 valence electrons. The van der Waals surface area contributed by atoms with Crippen LogP contribution in [-0.4, -0.2) is 0 Å². The van der Waals surface area contributed by atoms with Gasteiger partial charge >= 0.3 is 8.60 Å². The van der Waals surface area contributed by atoms with E-state index >= 15 is 0 Å². The van der Waals surface area contributed by atoms with Crippen molar-refractivity contribution >= 4 is 8.60 Å². The summed E-state index contributed by atoms with van der Waals surface area (Å²) in [5.74, 6) is 2.34. The first kappa shape index (κ1) is 31.0. The van der Waals surface area contributed by atoms with Gasteiger partial charge in [0.25, 0.3) is 0 Å². The Balaban J connectivity index is 2.13. The number of rotatable bonds is 6. The molecule has 0 saturated heterocycles. The molecule has 1 unspecified atom stereocenters. The van der Waals surface area contributed by atoms with Crippen molar-refractivity contribution in [3.63, 3.8) is 0 Å². The highest BCUT2D eigenvalue weighted by Gasteiger charge is 2.31. The highest BCUT2D eigenvalue weighted by molar-refractivity contribution is 7.43. The lowest BCUT2D eigenvalue weighted by molar-refractivity contribution is 0.375. The van der Waals surface area contributed by atoms with E-state index in [-0.39, 0.29) is 21.7 Å². The number of aryl methyl sites for hydroxylation is 1. The van der Waals surface area contributed by atoms with Crippen LogP contribution in [0.2, 0.25) is 0 Å².